The summed E-state index contributed by atoms with van der Waals surface area (Å²) in [5.74, 6) is -1.96. The Morgan fingerprint density at radius 1 is 1.25 bits per heavy atom. The Labute approximate surface area is 137 Å². The smallest absolute Gasteiger partial charge is 0.391 e. The number of para-hydroxylation sites is 1. The first-order valence-electron chi connectivity index (χ1n) is 7.18. The molecule has 0 aliphatic carbocycles. The minimum atomic E-state index is -4.69. The van der Waals surface area contributed by atoms with Crippen molar-refractivity contribution in [3.63, 3.8) is 0 Å². The van der Waals surface area contributed by atoms with Crippen LogP contribution in [0.15, 0.2) is 24.3 Å². The average molecular weight is 347 g/mol. The summed E-state index contributed by atoms with van der Waals surface area (Å²) >= 11 is 0. The fourth-order valence-corrected chi connectivity index (χ4v) is 2.19. The summed E-state index contributed by atoms with van der Waals surface area (Å²) in [6.07, 6.45) is -6.14. The number of halogens is 3. The summed E-state index contributed by atoms with van der Waals surface area (Å²) in [6.45, 7) is 3.06. The zero-order valence-corrected chi connectivity index (χ0v) is 13.6. The molecule has 0 aromatic heterocycles. The molecule has 2 N–H and O–H groups in total. The molecule has 0 bridgehead atoms. The number of carbonyl (C=O) groups is 2. The van der Waals surface area contributed by atoms with E-state index in [2.05, 4.69) is 0 Å². The first-order valence-corrected chi connectivity index (χ1v) is 7.18. The zero-order valence-electron chi connectivity index (χ0n) is 13.6. The molecule has 1 aromatic carbocycles. The predicted octanol–water partition coefficient (Wildman–Crippen LogP) is 2.79. The van der Waals surface area contributed by atoms with Crippen LogP contribution in [0.25, 0.3) is 0 Å². The van der Waals surface area contributed by atoms with Gasteiger partial charge in [0.15, 0.2) is 0 Å². The van der Waals surface area contributed by atoms with E-state index in [0.717, 1.165) is 0 Å². The second-order valence-corrected chi connectivity index (χ2v) is 6.06. The summed E-state index contributed by atoms with van der Waals surface area (Å²) < 4.78 is 42.5. The van der Waals surface area contributed by atoms with Crippen LogP contribution < -0.4 is 10.1 Å². The minimum Gasteiger partial charge on any atom is -0.496 e. The number of benzene rings is 1. The van der Waals surface area contributed by atoms with E-state index < -0.39 is 35.9 Å². The summed E-state index contributed by atoms with van der Waals surface area (Å²) in [5, 5.41) is 10.9. The number of carbonyl (C=O) groups excluding carboxylic acids is 1. The Kier molecular flexibility index (Phi) is 6.22. The number of hydrogen-bond donors (Lipinski definition) is 2. The summed E-state index contributed by atoms with van der Waals surface area (Å²) in [7, 11) is 1.47. The van der Waals surface area contributed by atoms with Gasteiger partial charge in [0.25, 0.3) is 0 Å². The molecule has 0 spiro atoms. The van der Waals surface area contributed by atoms with Gasteiger partial charge in [0, 0.05) is 5.41 Å². The zero-order chi connectivity index (χ0) is 18.5. The number of carboxylic acid groups (broad SMARTS) is 1. The van der Waals surface area contributed by atoms with Crippen molar-refractivity contribution in [3.05, 3.63) is 29.8 Å². The number of rotatable bonds is 7. The number of amides is 1. The molecule has 0 heterocycles. The first-order chi connectivity index (χ1) is 11.0. The Morgan fingerprint density at radius 2 is 1.83 bits per heavy atom. The van der Waals surface area contributed by atoms with E-state index in [1.54, 1.807) is 24.3 Å². The molecule has 1 aromatic rings. The van der Waals surface area contributed by atoms with Crippen LogP contribution in [0.1, 0.15) is 25.8 Å². The lowest BCUT2D eigenvalue weighted by atomic mass is 9.84. The molecule has 0 saturated heterocycles. The van der Waals surface area contributed by atoms with E-state index >= 15 is 0 Å². The van der Waals surface area contributed by atoms with Crippen molar-refractivity contribution >= 4 is 11.9 Å². The minimum absolute atomic E-state index is 0.182. The van der Waals surface area contributed by atoms with Gasteiger partial charge in [-0.2, -0.15) is 13.2 Å². The van der Waals surface area contributed by atoms with Gasteiger partial charge in [-0.25, -0.2) is 4.79 Å². The molecule has 8 heteroatoms. The third-order valence-electron chi connectivity index (χ3n) is 3.48. The third-order valence-corrected chi connectivity index (χ3v) is 3.48. The molecule has 134 valence electrons. The number of nitrogens with one attached hydrogen (secondary N) is 1. The molecule has 0 saturated carbocycles. The van der Waals surface area contributed by atoms with E-state index in [1.165, 1.54) is 21.0 Å². The van der Waals surface area contributed by atoms with Crippen LogP contribution in [0.4, 0.5) is 13.2 Å². The van der Waals surface area contributed by atoms with Crippen LogP contribution in [-0.4, -0.2) is 36.3 Å². The topological polar surface area (TPSA) is 75.6 Å². The highest BCUT2D eigenvalue weighted by Gasteiger charge is 2.39. The van der Waals surface area contributed by atoms with E-state index in [0.29, 0.717) is 11.3 Å². The molecular weight excluding hydrogens is 327 g/mol. The molecule has 5 nitrogen and oxygen atoms in total. The van der Waals surface area contributed by atoms with E-state index in [4.69, 9.17) is 9.84 Å². The van der Waals surface area contributed by atoms with Gasteiger partial charge < -0.3 is 15.2 Å². The molecule has 1 rings (SSSR count). The van der Waals surface area contributed by atoms with Crippen LogP contribution in [0.5, 0.6) is 5.75 Å². The Bertz CT molecular complexity index is 599. The molecule has 0 aliphatic heterocycles. The second kappa shape index (κ2) is 7.55. The van der Waals surface area contributed by atoms with Crippen molar-refractivity contribution in [3.8, 4) is 5.75 Å². The maximum absolute atomic E-state index is 12.4. The lowest BCUT2D eigenvalue weighted by Gasteiger charge is -2.27. The van der Waals surface area contributed by atoms with Gasteiger partial charge in [-0.15, -0.1) is 0 Å². The number of methoxy groups -OCH3 is 1. The summed E-state index contributed by atoms with van der Waals surface area (Å²) in [6, 6.07) is 4.91. The molecule has 0 aliphatic rings. The van der Waals surface area contributed by atoms with E-state index in [9.17, 15) is 22.8 Å². The van der Waals surface area contributed by atoms with Crippen molar-refractivity contribution in [2.75, 3.05) is 7.11 Å². The van der Waals surface area contributed by atoms with E-state index in [-0.39, 0.29) is 6.42 Å². The standard InChI is InChI=1S/C16H20F3NO4/c1-15(2,8-10-6-4-5-7-12(10)24-3)14(23)20-11(13(21)22)9-16(17,18)19/h4-7,11H,8-9H2,1-3H3,(H,20,23)(H,21,22). The second-order valence-electron chi connectivity index (χ2n) is 6.06. The fraction of sp³-hybridized carbons (Fsp3) is 0.500. The number of ether oxygens (including phenoxy) is 1. The number of carboxylic acids is 1. The van der Waals surface area contributed by atoms with Crippen LogP contribution in [0.3, 0.4) is 0 Å². The van der Waals surface area contributed by atoms with Crippen molar-refractivity contribution in [1.82, 2.24) is 5.32 Å². The van der Waals surface area contributed by atoms with Crippen molar-refractivity contribution in [2.24, 2.45) is 5.41 Å². The number of aliphatic carboxylic acids is 1. The predicted molar refractivity (Wildman–Crippen MR) is 80.7 cm³/mol. The van der Waals surface area contributed by atoms with Crippen molar-refractivity contribution in [2.45, 2.75) is 38.9 Å². The van der Waals surface area contributed by atoms with Gasteiger partial charge in [0.1, 0.15) is 11.8 Å². The lowest BCUT2D eigenvalue weighted by Crippen LogP contribution is -2.49. The van der Waals surface area contributed by atoms with Crippen LogP contribution in [-0.2, 0) is 16.0 Å². The molecule has 1 atom stereocenters. The number of alkyl halides is 3. The Balaban J connectivity index is 2.88. The lowest BCUT2D eigenvalue weighted by molar-refractivity contribution is -0.160. The molecule has 0 radical (unpaired) electrons. The SMILES string of the molecule is COc1ccccc1CC(C)(C)C(=O)NC(CC(F)(F)F)C(=O)O. The summed E-state index contributed by atoms with van der Waals surface area (Å²) in [4.78, 5) is 23.3. The summed E-state index contributed by atoms with van der Waals surface area (Å²) in [5.41, 5.74) is -0.420. The fourth-order valence-electron chi connectivity index (χ4n) is 2.19. The van der Waals surface area contributed by atoms with Gasteiger partial charge in [-0.1, -0.05) is 32.0 Å². The van der Waals surface area contributed by atoms with Crippen molar-refractivity contribution < 1.29 is 32.6 Å². The average Bonchev–Trinajstić information content (AvgIpc) is 2.45. The van der Waals surface area contributed by atoms with Gasteiger partial charge in [-0.3, -0.25) is 4.79 Å². The molecular formula is C16H20F3NO4. The highest BCUT2D eigenvalue weighted by atomic mass is 19.4. The largest absolute Gasteiger partial charge is 0.496 e. The van der Waals surface area contributed by atoms with Gasteiger partial charge in [0.2, 0.25) is 5.91 Å². The molecule has 1 amide bonds. The van der Waals surface area contributed by atoms with Gasteiger partial charge >= 0.3 is 12.1 Å². The van der Waals surface area contributed by atoms with Gasteiger partial charge in [-0.05, 0) is 18.1 Å². The Hall–Kier alpha value is -2.25. The monoisotopic (exact) mass is 347 g/mol. The quantitative estimate of drug-likeness (QED) is 0.795. The third kappa shape index (κ3) is 5.75. The van der Waals surface area contributed by atoms with Crippen molar-refractivity contribution in [1.29, 1.82) is 0 Å². The Morgan fingerprint density at radius 3 is 2.33 bits per heavy atom. The van der Waals surface area contributed by atoms with Gasteiger partial charge in [0.05, 0.1) is 13.5 Å². The van der Waals surface area contributed by atoms with Crippen LogP contribution in [0, 0.1) is 5.41 Å². The maximum Gasteiger partial charge on any atom is 0.391 e. The molecule has 24 heavy (non-hydrogen) atoms. The first kappa shape index (κ1) is 19.8. The normalized spacial score (nSPS) is 13.2. The van der Waals surface area contributed by atoms with Crippen LogP contribution in [0.2, 0.25) is 0 Å². The highest BCUT2D eigenvalue weighted by Crippen LogP contribution is 2.29. The molecule has 1 unspecified atom stereocenters. The van der Waals surface area contributed by atoms with Crippen LogP contribution >= 0.6 is 0 Å². The highest BCUT2D eigenvalue weighted by molar-refractivity contribution is 5.87. The molecule has 0 fully saturated rings. The number of hydrogen-bond acceptors (Lipinski definition) is 3. The maximum atomic E-state index is 12.4. The van der Waals surface area contributed by atoms with E-state index in [1.807, 2.05) is 5.32 Å².